The molecule has 2 rings (SSSR count). The largest absolute Gasteiger partial charge is 0.790 e. The Hall–Kier alpha value is -1.98. The zero-order valence-electron chi connectivity index (χ0n) is 5.97. The molecule has 0 saturated carbocycles. The summed E-state index contributed by atoms with van der Waals surface area (Å²) in [4.78, 5) is 0.332. The molecule has 12 heavy (non-hydrogen) atoms. The second-order valence-corrected chi connectivity index (χ2v) is 2.33. The smallest absolute Gasteiger partial charge is 0.285 e. The lowest BCUT2D eigenvalue weighted by Gasteiger charge is -2.02. The quantitative estimate of drug-likeness (QED) is 0.424. The zero-order valence-corrected chi connectivity index (χ0v) is 5.97. The molecule has 6 nitrogen and oxygen atoms in total. The Labute approximate surface area is 67.0 Å². The minimum absolute atomic E-state index is 0.0457. The number of fused-ring (bicyclic) bond motifs is 1. The van der Waals surface area contributed by atoms with Gasteiger partial charge in [0.05, 0.1) is 0 Å². The number of nitrogens with zero attached hydrogens (tertiary/aromatic N) is 3. The number of nitrogens with two attached hydrogens (primary N) is 1. The number of nitrogen functional groups attached to an aromatic ring is 1. The molecule has 0 aliphatic rings. The van der Waals surface area contributed by atoms with Gasteiger partial charge in [0.2, 0.25) is 5.82 Å². The van der Waals surface area contributed by atoms with Gasteiger partial charge in [-0.2, -0.15) is 9.83 Å². The molecule has 0 aliphatic heterocycles. The molecule has 0 saturated heterocycles. The maximum absolute atomic E-state index is 11.1. The van der Waals surface area contributed by atoms with Crippen LogP contribution in [0.2, 0.25) is 0 Å². The molecule has 0 radical (unpaired) electrons. The second kappa shape index (κ2) is 2.00. The molecular weight excluding hydrogens is 160 g/mol. The predicted molar refractivity (Wildman–Crippen MR) is 41.9 cm³/mol. The summed E-state index contributed by atoms with van der Waals surface area (Å²) in [5.41, 5.74) is 5.63. The molecule has 2 aromatic heterocycles. The lowest BCUT2D eigenvalue weighted by atomic mass is 10.4. The fraction of sp³-hybridized carbons (Fsp3) is 0. The molecule has 0 aliphatic carbocycles. The van der Waals surface area contributed by atoms with Crippen LogP contribution in [-0.2, 0) is 0 Å². The summed E-state index contributed by atoms with van der Waals surface area (Å²) in [5.74, 6) is -0.0457. The zero-order chi connectivity index (χ0) is 8.72. The fourth-order valence-electron chi connectivity index (χ4n) is 1.08. The average Bonchev–Trinajstić information content (AvgIpc) is 2.29. The highest BCUT2D eigenvalue weighted by Crippen LogP contribution is 2.14. The summed E-state index contributed by atoms with van der Waals surface area (Å²) < 4.78 is 0.520. The summed E-state index contributed by atoms with van der Waals surface area (Å²) in [5, 5.41) is 25.4. The van der Waals surface area contributed by atoms with Crippen molar-refractivity contribution in [3.63, 3.8) is 0 Å². The topological polar surface area (TPSA) is 93.8 Å². The van der Waals surface area contributed by atoms with Crippen LogP contribution in [0.1, 0.15) is 0 Å². The SMILES string of the molecule is Nc1nn([O-])c2ccc[n+]([O-])c12. The number of hydrogen-bond acceptors (Lipinski definition) is 4. The maximum Gasteiger partial charge on any atom is 0.285 e. The molecule has 2 N–H and O–H groups in total. The lowest BCUT2D eigenvalue weighted by molar-refractivity contribution is -0.576. The van der Waals surface area contributed by atoms with Gasteiger partial charge >= 0.3 is 0 Å². The van der Waals surface area contributed by atoms with Gasteiger partial charge in [-0.15, -0.1) is 0 Å². The first-order chi connectivity index (χ1) is 5.70. The summed E-state index contributed by atoms with van der Waals surface area (Å²) in [6, 6.07) is 2.95. The minimum atomic E-state index is -0.0457. The third-order valence-corrected chi connectivity index (χ3v) is 1.59. The van der Waals surface area contributed by atoms with Crippen LogP contribution in [0.25, 0.3) is 11.0 Å². The first kappa shape index (κ1) is 6.71. The minimum Gasteiger partial charge on any atom is -0.790 e. The van der Waals surface area contributed by atoms with Crippen molar-refractivity contribution in [1.29, 1.82) is 0 Å². The van der Waals surface area contributed by atoms with E-state index in [1.807, 2.05) is 0 Å². The normalized spacial score (nSPS) is 10.7. The Kier molecular flexibility index (Phi) is 1.12. The fourth-order valence-corrected chi connectivity index (χ4v) is 1.08. The van der Waals surface area contributed by atoms with Crippen molar-refractivity contribution in [2.45, 2.75) is 0 Å². The summed E-state index contributed by atoms with van der Waals surface area (Å²) in [7, 11) is 0. The van der Waals surface area contributed by atoms with Crippen LogP contribution < -0.4 is 10.5 Å². The highest BCUT2D eigenvalue weighted by Gasteiger charge is 2.11. The maximum atomic E-state index is 11.1. The Morgan fingerprint density at radius 3 is 3.00 bits per heavy atom. The second-order valence-electron chi connectivity index (χ2n) is 2.33. The van der Waals surface area contributed by atoms with Crippen LogP contribution in [0.4, 0.5) is 5.82 Å². The van der Waals surface area contributed by atoms with Crippen molar-refractivity contribution >= 4 is 16.9 Å². The predicted octanol–water partition coefficient (Wildman–Crippen LogP) is -0.402. The molecule has 0 unspecified atom stereocenters. The van der Waals surface area contributed by atoms with Gasteiger partial charge in [0.25, 0.3) is 5.52 Å². The van der Waals surface area contributed by atoms with Crippen molar-refractivity contribution < 1.29 is 4.73 Å². The molecule has 62 valence electrons. The molecule has 0 amide bonds. The van der Waals surface area contributed by atoms with Crippen LogP contribution in [0.5, 0.6) is 0 Å². The van der Waals surface area contributed by atoms with Crippen LogP contribution in [-0.4, -0.2) is 9.94 Å². The van der Waals surface area contributed by atoms with Crippen molar-refractivity contribution in [3.05, 3.63) is 28.7 Å². The monoisotopic (exact) mass is 165 g/mol. The van der Waals surface area contributed by atoms with E-state index in [4.69, 9.17) is 5.73 Å². The Bertz CT molecular complexity index is 436. The van der Waals surface area contributed by atoms with Gasteiger partial charge in [-0.1, -0.05) is 0 Å². The van der Waals surface area contributed by atoms with E-state index < -0.39 is 0 Å². The third kappa shape index (κ3) is 0.685. The third-order valence-electron chi connectivity index (χ3n) is 1.59. The summed E-state index contributed by atoms with van der Waals surface area (Å²) in [6.07, 6.45) is 1.26. The molecule has 0 aromatic carbocycles. The van der Waals surface area contributed by atoms with E-state index in [2.05, 4.69) is 5.10 Å². The molecule has 0 bridgehead atoms. The van der Waals surface area contributed by atoms with Gasteiger partial charge in [-0.3, -0.25) is 4.85 Å². The number of hydrogen-bond donors (Lipinski definition) is 1. The molecule has 0 spiro atoms. The van der Waals surface area contributed by atoms with E-state index in [0.717, 1.165) is 0 Å². The van der Waals surface area contributed by atoms with Gasteiger partial charge in [-0.05, 0) is 6.07 Å². The van der Waals surface area contributed by atoms with Crippen LogP contribution in [0.3, 0.4) is 0 Å². The van der Waals surface area contributed by atoms with E-state index in [0.29, 0.717) is 9.58 Å². The first-order valence-corrected chi connectivity index (χ1v) is 3.24. The van der Waals surface area contributed by atoms with Crippen molar-refractivity contribution in [2.24, 2.45) is 0 Å². The molecule has 2 aromatic rings. The van der Waals surface area contributed by atoms with Gasteiger partial charge in [0.15, 0.2) is 6.20 Å². The first-order valence-electron chi connectivity index (χ1n) is 3.24. The van der Waals surface area contributed by atoms with Crippen molar-refractivity contribution in [3.8, 4) is 0 Å². The highest BCUT2D eigenvalue weighted by atomic mass is 16.5. The van der Waals surface area contributed by atoms with E-state index in [1.54, 1.807) is 0 Å². The van der Waals surface area contributed by atoms with Crippen LogP contribution in [0, 0.1) is 10.4 Å². The highest BCUT2D eigenvalue weighted by molar-refractivity contribution is 5.82. The molecule has 2 heterocycles. The Morgan fingerprint density at radius 2 is 2.33 bits per heavy atom. The van der Waals surface area contributed by atoms with E-state index >= 15 is 0 Å². The number of aromatic nitrogens is 3. The molecule has 0 fully saturated rings. The summed E-state index contributed by atoms with van der Waals surface area (Å²) in [6.45, 7) is 0. The van der Waals surface area contributed by atoms with Crippen molar-refractivity contribution in [2.75, 3.05) is 5.73 Å². The van der Waals surface area contributed by atoms with E-state index in [9.17, 15) is 10.4 Å². The molecule has 6 heteroatoms. The Morgan fingerprint density at radius 1 is 1.58 bits per heavy atom. The Balaban J connectivity index is 2.99. The van der Waals surface area contributed by atoms with Crippen molar-refractivity contribution in [1.82, 2.24) is 9.94 Å². The number of anilines is 1. The van der Waals surface area contributed by atoms with E-state index in [-0.39, 0.29) is 16.9 Å². The van der Waals surface area contributed by atoms with Gasteiger partial charge in [0, 0.05) is 6.07 Å². The molecular formula is C6H5N4O2-. The lowest BCUT2D eigenvalue weighted by Crippen LogP contribution is -2.26. The number of pyridine rings is 1. The number of rotatable bonds is 0. The van der Waals surface area contributed by atoms with Gasteiger partial charge in [-0.25, -0.2) is 0 Å². The van der Waals surface area contributed by atoms with Crippen LogP contribution >= 0.6 is 0 Å². The van der Waals surface area contributed by atoms with Crippen LogP contribution in [0.15, 0.2) is 18.3 Å². The summed E-state index contributed by atoms with van der Waals surface area (Å²) >= 11 is 0. The van der Waals surface area contributed by atoms with Gasteiger partial charge < -0.3 is 16.1 Å². The standard InChI is InChI=1S/C6H5N4O2/c7-6-5-4(10(12)8-6)2-1-3-9(5)11/h1-3H,(H2,7,8)/q-1. The average molecular weight is 165 g/mol. The van der Waals surface area contributed by atoms with Gasteiger partial charge in [0.1, 0.15) is 5.52 Å². The molecule has 0 atom stereocenters. The van der Waals surface area contributed by atoms with E-state index in [1.165, 1.54) is 18.3 Å².